The number of benzene rings is 2. The first kappa shape index (κ1) is 18.0. The molecule has 0 unspecified atom stereocenters. The van der Waals surface area contributed by atoms with Gasteiger partial charge in [0.1, 0.15) is 5.82 Å². The summed E-state index contributed by atoms with van der Waals surface area (Å²) < 4.78 is 36.9. The second kappa shape index (κ2) is 6.85. The van der Waals surface area contributed by atoms with E-state index in [2.05, 4.69) is 0 Å². The van der Waals surface area contributed by atoms with Gasteiger partial charge in [-0.15, -0.1) is 0 Å². The van der Waals surface area contributed by atoms with Crippen molar-refractivity contribution >= 4 is 21.7 Å². The molecule has 1 fully saturated rings. The summed E-state index contributed by atoms with van der Waals surface area (Å²) in [6.45, 7) is -0.140. The molecule has 0 saturated carbocycles. The standard InChI is InChI=1S/C17H15FN2O5S/c18-14-7-5-12(6-8-14)11-1-3-13(4-2-11)16(22)20-9-10-26(24,25)17(20)15(21)19-23/h1-8,17,23H,9-10H2,(H,19,21)/t17-/m0/s1. The Labute approximate surface area is 148 Å². The smallest absolute Gasteiger partial charge is 0.281 e. The van der Waals surface area contributed by atoms with E-state index in [1.807, 2.05) is 0 Å². The number of hydrogen-bond acceptors (Lipinski definition) is 5. The molecule has 136 valence electrons. The Balaban J connectivity index is 1.86. The number of nitrogens with one attached hydrogen (secondary N) is 1. The maximum Gasteiger partial charge on any atom is 0.281 e. The lowest BCUT2D eigenvalue weighted by Gasteiger charge is -2.21. The van der Waals surface area contributed by atoms with Crippen molar-refractivity contribution in [3.8, 4) is 11.1 Å². The summed E-state index contributed by atoms with van der Waals surface area (Å²) in [7, 11) is -3.86. The number of rotatable bonds is 3. The lowest BCUT2D eigenvalue weighted by Crippen LogP contribution is -2.47. The fraction of sp³-hybridized carbons (Fsp3) is 0.176. The van der Waals surface area contributed by atoms with E-state index in [-0.39, 0.29) is 23.7 Å². The first-order valence-electron chi connectivity index (χ1n) is 7.66. The molecule has 2 aromatic carbocycles. The minimum absolute atomic E-state index is 0.140. The highest BCUT2D eigenvalue weighted by Gasteiger charge is 2.46. The Kier molecular flexibility index (Phi) is 4.75. The Morgan fingerprint density at radius 2 is 1.58 bits per heavy atom. The zero-order chi connectivity index (χ0) is 18.9. The van der Waals surface area contributed by atoms with Crippen LogP contribution < -0.4 is 5.48 Å². The number of nitrogens with zero attached hydrogens (tertiary/aromatic N) is 1. The number of amides is 2. The normalized spacial score (nSPS) is 18.5. The number of carbonyl (C=O) groups is 2. The van der Waals surface area contributed by atoms with Crippen LogP contribution in [0.25, 0.3) is 11.1 Å². The fourth-order valence-corrected chi connectivity index (χ4v) is 4.47. The molecule has 2 aromatic rings. The maximum atomic E-state index is 13.0. The van der Waals surface area contributed by atoms with Crippen molar-refractivity contribution in [2.75, 3.05) is 12.3 Å². The van der Waals surface area contributed by atoms with Gasteiger partial charge < -0.3 is 4.90 Å². The van der Waals surface area contributed by atoms with Crippen LogP contribution in [0.2, 0.25) is 0 Å². The summed E-state index contributed by atoms with van der Waals surface area (Å²) in [5.74, 6) is -2.52. The molecular formula is C17H15FN2O5S. The third-order valence-electron chi connectivity index (χ3n) is 4.14. The fourth-order valence-electron chi connectivity index (χ4n) is 2.83. The molecule has 0 radical (unpaired) electrons. The average molecular weight is 378 g/mol. The average Bonchev–Trinajstić information content (AvgIpc) is 2.96. The Morgan fingerprint density at radius 3 is 2.12 bits per heavy atom. The van der Waals surface area contributed by atoms with Gasteiger partial charge in [-0.05, 0) is 35.4 Å². The van der Waals surface area contributed by atoms with Crippen LogP contribution in [-0.2, 0) is 14.6 Å². The molecule has 0 spiro atoms. The van der Waals surface area contributed by atoms with Gasteiger partial charge in [0.15, 0.2) is 9.84 Å². The van der Waals surface area contributed by atoms with Crippen LogP contribution in [0.5, 0.6) is 0 Å². The molecule has 1 atom stereocenters. The third-order valence-corrected chi connectivity index (χ3v) is 6.05. The van der Waals surface area contributed by atoms with E-state index in [4.69, 9.17) is 5.21 Å². The molecule has 26 heavy (non-hydrogen) atoms. The Morgan fingerprint density at radius 1 is 1.04 bits per heavy atom. The summed E-state index contributed by atoms with van der Waals surface area (Å²) in [5, 5.41) is 7.00. The van der Waals surface area contributed by atoms with E-state index in [0.29, 0.717) is 0 Å². The van der Waals surface area contributed by atoms with E-state index >= 15 is 0 Å². The van der Waals surface area contributed by atoms with Crippen molar-refractivity contribution in [3.63, 3.8) is 0 Å². The predicted octanol–water partition coefficient (Wildman–Crippen LogP) is 1.19. The van der Waals surface area contributed by atoms with Crippen molar-refractivity contribution in [2.45, 2.75) is 5.37 Å². The van der Waals surface area contributed by atoms with Crippen LogP contribution in [0.15, 0.2) is 48.5 Å². The Hall–Kier alpha value is -2.78. The molecule has 1 aliphatic heterocycles. The van der Waals surface area contributed by atoms with Crippen molar-refractivity contribution in [3.05, 3.63) is 59.9 Å². The molecule has 1 aliphatic rings. The van der Waals surface area contributed by atoms with Gasteiger partial charge in [-0.25, -0.2) is 18.3 Å². The summed E-state index contributed by atoms with van der Waals surface area (Å²) >= 11 is 0. The molecule has 1 heterocycles. The van der Waals surface area contributed by atoms with Gasteiger partial charge >= 0.3 is 0 Å². The summed E-state index contributed by atoms with van der Waals surface area (Å²) in [5.41, 5.74) is 3.00. The summed E-state index contributed by atoms with van der Waals surface area (Å²) in [6, 6.07) is 12.1. The van der Waals surface area contributed by atoms with Crippen LogP contribution in [0.3, 0.4) is 0 Å². The van der Waals surface area contributed by atoms with Crippen molar-refractivity contribution in [1.82, 2.24) is 10.4 Å². The van der Waals surface area contributed by atoms with E-state index in [1.165, 1.54) is 29.7 Å². The molecule has 1 saturated heterocycles. The van der Waals surface area contributed by atoms with Crippen LogP contribution >= 0.6 is 0 Å². The number of hydroxylamine groups is 1. The first-order valence-corrected chi connectivity index (χ1v) is 9.37. The summed E-state index contributed by atoms with van der Waals surface area (Å²) in [4.78, 5) is 25.2. The minimum Gasteiger partial charge on any atom is -0.313 e. The lowest BCUT2D eigenvalue weighted by molar-refractivity contribution is -0.131. The van der Waals surface area contributed by atoms with Gasteiger partial charge in [-0.3, -0.25) is 14.8 Å². The van der Waals surface area contributed by atoms with E-state index in [1.54, 1.807) is 24.3 Å². The SMILES string of the molecule is O=C(NO)[C@H]1N(C(=O)c2ccc(-c3ccc(F)cc3)cc2)CCS1(=O)=O. The minimum atomic E-state index is -3.86. The number of halogens is 1. The van der Waals surface area contributed by atoms with Crippen LogP contribution in [0.1, 0.15) is 10.4 Å². The van der Waals surface area contributed by atoms with Gasteiger partial charge in [-0.1, -0.05) is 24.3 Å². The second-order valence-electron chi connectivity index (χ2n) is 5.78. The monoisotopic (exact) mass is 378 g/mol. The van der Waals surface area contributed by atoms with E-state index in [0.717, 1.165) is 16.0 Å². The molecule has 2 amide bonds. The predicted molar refractivity (Wildman–Crippen MR) is 90.4 cm³/mol. The molecular weight excluding hydrogens is 363 g/mol. The van der Waals surface area contributed by atoms with Crippen LogP contribution in [-0.4, -0.2) is 48.0 Å². The first-order chi connectivity index (χ1) is 12.3. The highest BCUT2D eigenvalue weighted by molar-refractivity contribution is 7.93. The topological polar surface area (TPSA) is 104 Å². The van der Waals surface area contributed by atoms with Gasteiger partial charge in [0.05, 0.1) is 5.75 Å². The van der Waals surface area contributed by atoms with Crippen LogP contribution in [0, 0.1) is 5.82 Å². The lowest BCUT2D eigenvalue weighted by atomic mass is 10.0. The molecule has 7 nitrogen and oxygen atoms in total. The van der Waals surface area contributed by atoms with Gasteiger partial charge in [0.25, 0.3) is 11.8 Å². The molecule has 2 N–H and O–H groups in total. The van der Waals surface area contributed by atoms with Crippen LogP contribution in [0.4, 0.5) is 4.39 Å². The largest absolute Gasteiger partial charge is 0.313 e. The van der Waals surface area contributed by atoms with Crippen molar-refractivity contribution in [1.29, 1.82) is 0 Å². The molecule has 0 aliphatic carbocycles. The zero-order valence-corrected chi connectivity index (χ0v) is 14.2. The molecule has 9 heteroatoms. The van der Waals surface area contributed by atoms with Crippen molar-refractivity contribution in [2.24, 2.45) is 0 Å². The number of hydrogen-bond donors (Lipinski definition) is 2. The molecule has 3 rings (SSSR count). The Bertz CT molecular complexity index is 942. The third kappa shape index (κ3) is 3.31. The highest BCUT2D eigenvalue weighted by Crippen LogP contribution is 2.23. The van der Waals surface area contributed by atoms with Gasteiger partial charge in [0, 0.05) is 12.1 Å². The quantitative estimate of drug-likeness (QED) is 0.617. The molecule has 0 aromatic heterocycles. The highest BCUT2D eigenvalue weighted by atomic mass is 32.2. The van der Waals surface area contributed by atoms with Crippen molar-refractivity contribution < 1.29 is 27.6 Å². The number of sulfone groups is 1. The number of carbonyl (C=O) groups excluding carboxylic acids is 2. The van der Waals surface area contributed by atoms with Gasteiger partial charge in [0.2, 0.25) is 5.37 Å². The zero-order valence-electron chi connectivity index (χ0n) is 13.4. The summed E-state index contributed by atoms with van der Waals surface area (Å²) in [6.07, 6.45) is 0. The maximum absolute atomic E-state index is 13.0. The van der Waals surface area contributed by atoms with E-state index < -0.39 is 27.0 Å². The van der Waals surface area contributed by atoms with E-state index in [9.17, 15) is 22.4 Å². The van der Waals surface area contributed by atoms with Gasteiger partial charge in [-0.2, -0.15) is 0 Å². The molecule has 0 bridgehead atoms. The second-order valence-corrected chi connectivity index (χ2v) is 7.96.